The second-order valence-electron chi connectivity index (χ2n) is 9.96. The van der Waals surface area contributed by atoms with Crippen LogP contribution in [0, 0.1) is 0 Å². The van der Waals surface area contributed by atoms with Gasteiger partial charge in [0.15, 0.2) is 5.75 Å². The molecule has 222 valence electrons. The number of rotatable bonds is 5. The van der Waals surface area contributed by atoms with E-state index in [4.69, 9.17) is 17.4 Å². The molecule has 0 aliphatic heterocycles. The number of fused-ring (bicyclic) bond motifs is 6. The van der Waals surface area contributed by atoms with Crippen LogP contribution in [0.3, 0.4) is 0 Å². The minimum Gasteiger partial charge on any atom is -0.505 e. The molecule has 0 saturated heterocycles. The molecular formula is C34H24N4O6S. The molecule has 3 N–H and O–H groups in total. The Balaban J connectivity index is 0.000000845. The van der Waals surface area contributed by atoms with Crippen molar-refractivity contribution >= 4 is 76.9 Å². The van der Waals surface area contributed by atoms with Crippen molar-refractivity contribution in [3.05, 3.63) is 115 Å². The minimum absolute atomic E-state index is 0.0932. The maximum Gasteiger partial charge on any atom is 0.425 e. The van der Waals surface area contributed by atoms with E-state index in [1.807, 2.05) is 78.9 Å². The number of aromatic nitrogens is 1. The van der Waals surface area contributed by atoms with Crippen molar-refractivity contribution in [2.75, 3.05) is 12.4 Å². The van der Waals surface area contributed by atoms with Crippen molar-refractivity contribution in [3.8, 4) is 11.5 Å². The average molecular weight is 617 g/mol. The van der Waals surface area contributed by atoms with Crippen molar-refractivity contribution in [3.63, 3.8) is 0 Å². The van der Waals surface area contributed by atoms with Crippen LogP contribution < -0.4 is 10.1 Å². The number of aromatic amines is 1. The van der Waals surface area contributed by atoms with E-state index in [0.29, 0.717) is 22.5 Å². The number of anilines is 1. The minimum atomic E-state index is -3.11. The molecule has 10 nitrogen and oxygen atoms in total. The number of nitrogens with one attached hydrogen (secondary N) is 2. The number of hydrogen-bond donors (Lipinski definition) is 3. The number of carbonyl (C=O) groups is 1. The van der Waals surface area contributed by atoms with E-state index in [-0.39, 0.29) is 17.0 Å². The first-order valence-corrected chi connectivity index (χ1v) is 14.6. The fourth-order valence-electron chi connectivity index (χ4n) is 5.32. The molecule has 1 heterocycles. The summed E-state index contributed by atoms with van der Waals surface area (Å²) in [5.41, 5.74) is 3.32. The molecule has 0 saturated carbocycles. The summed E-state index contributed by atoms with van der Waals surface area (Å²) in [7, 11) is -1.53. The third-order valence-corrected chi connectivity index (χ3v) is 7.35. The number of hydrogen-bond acceptors (Lipinski definition) is 8. The SMILES string of the molecule is COc1ccc(NC(=O)c2cc3ccc4c5ccccc5[nH]c4c3c(N=Nc3cccc4ccccc34)c2O)cc1.O=S(=O)=O. The molecule has 45 heavy (non-hydrogen) atoms. The second kappa shape index (κ2) is 12.3. The molecule has 11 heteroatoms. The lowest BCUT2D eigenvalue weighted by Gasteiger charge is -2.12. The normalized spacial score (nSPS) is 11.1. The van der Waals surface area contributed by atoms with Crippen LogP contribution in [0.25, 0.3) is 43.4 Å². The quantitative estimate of drug-likeness (QED) is 0.167. The molecule has 0 aliphatic carbocycles. The monoisotopic (exact) mass is 616 g/mol. The van der Waals surface area contributed by atoms with Crippen molar-refractivity contribution in [2.45, 2.75) is 0 Å². The van der Waals surface area contributed by atoms with Crippen LogP contribution in [0.4, 0.5) is 17.1 Å². The van der Waals surface area contributed by atoms with Gasteiger partial charge < -0.3 is 20.1 Å². The predicted octanol–water partition coefficient (Wildman–Crippen LogP) is 8.01. The Morgan fingerprint density at radius 3 is 2.22 bits per heavy atom. The number of methoxy groups -OCH3 is 1. The van der Waals surface area contributed by atoms with Crippen LogP contribution in [0.15, 0.2) is 119 Å². The molecule has 6 aromatic carbocycles. The Morgan fingerprint density at radius 1 is 0.778 bits per heavy atom. The molecular weight excluding hydrogens is 592 g/mol. The summed E-state index contributed by atoms with van der Waals surface area (Å²) in [4.78, 5) is 16.9. The number of amides is 1. The number of para-hydroxylation sites is 1. The molecule has 0 aliphatic rings. The zero-order valence-electron chi connectivity index (χ0n) is 23.7. The largest absolute Gasteiger partial charge is 0.505 e. The molecule has 7 aromatic rings. The lowest BCUT2D eigenvalue weighted by Crippen LogP contribution is -2.12. The lowest BCUT2D eigenvalue weighted by atomic mass is 10.00. The fourth-order valence-corrected chi connectivity index (χ4v) is 5.32. The van der Waals surface area contributed by atoms with E-state index < -0.39 is 16.5 Å². The Bertz CT molecular complexity index is 2370. The van der Waals surface area contributed by atoms with E-state index >= 15 is 0 Å². The maximum absolute atomic E-state index is 13.5. The summed E-state index contributed by atoms with van der Waals surface area (Å²) < 4.78 is 30.5. The number of H-pyrrole nitrogens is 1. The fraction of sp³-hybridized carbons (Fsp3) is 0.0294. The van der Waals surface area contributed by atoms with Gasteiger partial charge >= 0.3 is 10.6 Å². The number of aromatic hydroxyl groups is 1. The molecule has 7 rings (SSSR count). The summed E-state index contributed by atoms with van der Waals surface area (Å²) in [6, 6.07) is 34.4. The van der Waals surface area contributed by atoms with Crippen LogP contribution in [0.2, 0.25) is 0 Å². The van der Waals surface area contributed by atoms with Gasteiger partial charge in [-0.1, -0.05) is 66.7 Å². The zero-order chi connectivity index (χ0) is 31.5. The summed E-state index contributed by atoms with van der Waals surface area (Å²) >= 11 is 0. The number of carbonyl (C=O) groups excluding carboxylic acids is 1. The van der Waals surface area contributed by atoms with Crippen LogP contribution in [-0.4, -0.2) is 35.7 Å². The number of ether oxygens (including phenoxy) is 1. The van der Waals surface area contributed by atoms with Crippen molar-refractivity contribution in [1.29, 1.82) is 0 Å². The molecule has 0 atom stereocenters. The van der Waals surface area contributed by atoms with Crippen LogP contribution in [0.1, 0.15) is 10.4 Å². The van der Waals surface area contributed by atoms with E-state index in [0.717, 1.165) is 38.0 Å². The Labute approximate surface area is 257 Å². The third kappa shape index (κ3) is 5.79. The Morgan fingerprint density at radius 2 is 1.47 bits per heavy atom. The summed E-state index contributed by atoms with van der Waals surface area (Å²) in [6.45, 7) is 0. The van der Waals surface area contributed by atoms with Gasteiger partial charge in [0.1, 0.15) is 11.4 Å². The second-order valence-corrected chi connectivity index (χ2v) is 10.4. The highest BCUT2D eigenvalue weighted by Crippen LogP contribution is 2.44. The molecule has 0 unspecified atom stereocenters. The van der Waals surface area contributed by atoms with Crippen molar-refractivity contribution < 1.29 is 27.3 Å². The molecule has 0 radical (unpaired) electrons. The topological polar surface area (TPSA) is 150 Å². The van der Waals surface area contributed by atoms with E-state index in [1.54, 1.807) is 37.4 Å². The van der Waals surface area contributed by atoms with Crippen molar-refractivity contribution in [1.82, 2.24) is 4.98 Å². The Kier molecular flexibility index (Phi) is 7.91. The van der Waals surface area contributed by atoms with Gasteiger partial charge in [0.05, 0.1) is 23.9 Å². The number of azo groups is 1. The molecule has 0 spiro atoms. The number of benzene rings is 6. The van der Waals surface area contributed by atoms with Gasteiger partial charge in [-0.15, -0.1) is 22.9 Å². The third-order valence-electron chi connectivity index (χ3n) is 7.35. The molecule has 0 fully saturated rings. The van der Waals surface area contributed by atoms with Crippen molar-refractivity contribution in [2.24, 2.45) is 10.2 Å². The molecule has 0 bridgehead atoms. The van der Waals surface area contributed by atoms with Crippen LogP contribution in [0.5, 0.6) is 11.5 Å². The first-order valence-electron chi connectivity index (χ1n) is 13.6. The lowest BCUT2D eigenvalue weighted by molar-refractivity contribution is 0.102. The van der Waals surface area contributed by atoms with E-state index in [9.17, 15) is 9.90 Å². The highest BCUT2D eigenvalue weighted by Gasteiger charge is 2.21. The summed E-state index contributed by atoms with van der Waals surface area (Å²) in [5, 5.41) is 29.1. The van der Waals surface area contributed by atoms with Gasteiger partial charge in [0, 0.05) is 32.7 Å². The van der Waals surface area contributed by atoms with Gasteiger partial charge in [-0.3, -0.25) is 4.79 Å². The van der Waals surface area contributed by atoms with Gasteiger partial charge in [0.2, 0.25) is 0 Å². The van der Waals surface area contributed by atoms with Gasteiger partial charge in [-0.05, 0) is 53.2 Å². The van der Waals surface area contributed by atoms with Crippen LogP contribution >= 0.6 is 0 Å². The first kappa shape index (κ1) is 29.0. The van der Waals surface area contributed by atoms with Gasteiger partial charge in [-0.2, -0.15) is 0 Å². The standard InChI is InChI=1S/C34H24N4O3.O3S/c1-41-23-16-14-22(15-17-23)35-34(40)27-19-21-13-18-26-25-10-4-5-11-28(25)36-31(26)30(21)32(33(27)39)38-37-29-12-6-8-20-7-2-3-9-24(20)29;1-4(2)3/h2-19,36,39H,1H3,(H,35,40);. The first-order chi connectivity index (χ1) is 21.8. The Hall–Kier alpha value is -6.07. The molecule has 1 aromatic heterocycles. The number of phenolic OH excluding ortho intramolecular Hbond substituents is 1. The summed E-state index contributed by atoms with van der Waals surface area (Å²) in [6.07, 6.45) is 0. The molecule has 1 amide bonds. The van der Waals surface area contributed by atoms with E-state index in [2.05, 4.69) is 20.5 Å². The predicted molar refractivity (Wildman–Crippen MR) is 174 cm³/mol. The zero-order valence-corrected chi connectivity index (χ0v) is 24.5. The van der Waals surface area contributed by atoms with E-state index in [1.165, 1.54) is 0 Å². The number of nitrogens with zero attached hydrogens (tertiary/aromatic N) is 2. The van der Waals surface area contributed by atoms with Gasteiger partial charge in [-0.25, -0.2) is 0 Å². The van der Waals surface area contributed by atoms with Gasteiger partial charge in [0.25, 0.3) is 5.91 Å². The summed E-state index contributed by atoms with van der Waals surface area (Å²) in [5.74, 6) is -0.0402. The smallest absolute Gasteiger partial charge is 0.425 e. The van der Waals surface area contributed by atoms with Crippen LogP contribution in [-0.2, 0) is 10.6 Å². The number of phenols is 1. The highest BCUT2D eigenvalue weighted by molar-refractivity contribution is 7.59. The highest BCUT2D eigenvalue weighted by atomic mass is 32.2. The maximum atomic E-state index is 13.5. The average Bonchev–Trinajstić information content (AvgIpc) is 3.43.